The van der Waals surface area contributed by atoms with Crippen LogP contribution in [0.15, 0.2) is 18.2 Å². The molecule has 1 amide bonds. The number of aromatic carboxylic acids is 1. The van der Waals surface area contributed by atoms with Crippen LogP contribution in [0.3, 0.4) is 0 Å². The maximum atomic E-state index is 11.9. The second-order valence-electron chi connectivity index (χ2n) is 4.20. The Balaban J connectivity index is 2.02. The number of carbonyl (C=O) groups excluding carboxylic acids is 1. The highest BCUT2D eigenvalue weighted by molar-refractivity contribution is 6.33. The van der Waals surface area contributed by atoms with Crippen LogP contribution in [-0.2, 0) is 9.53 Å². The third-order valence-electron chi connectivity index (χ3n) is 2.90. The SMILES string of the molecule is O=C(O)c1c(Cl)cccc1OCC(=O)N1CCOCC1. The fourth-order valence-corrected chi connectivity index (χ4v) is 2.12. The van der Waals surface area contributed by atoms with Crippen LogP contribution < -0.4 is 4.74 Å². The number of nitrogens with zero attached hydrogens (tertiary/aromatic N) is 1. The summed E-state index contributed by atoms with van der Waals surface area (Å²) in [5, 5.41) is 9.16. The molecule has 1 aromatic carbocycles. The molecule has 2 rings (SSSR count). The van der Waals surface area contributed by atoms with Gasteiger partial charge in [0.05, 0.1) is 18.2 Å². The Labute approximate surface area is 120 Å². The van der Waals surface area contributed by atoms with Crippen molar-refractivity contribution in [2.24, 2.45) is 0 Å². The minimum atomic E-state index is -1.19. The van der Waals surface area contributed by atoms with E-state index in [0.29, 0.717) is 26.3 Å². The minimum absolute atomic E-state index is 0.0776. The van der Waals surface area contributed by atoms with Gasteiger partial charge < -0.3 is 19.5 Å². The molecule has 0 aromatic heterocycles. The molecular formula is C13H14ClNO5. The maximum absolute atomic E-state index is 11.9. The first-order chi connectivity index (χ1) is 9.59. The summed E-state index contributed by atoms with van der Waals surface area (Å²) in [6, 6.07) is 4.51. The molecule has 108 valence electrons. The van der Waals surface area contributed by atoms with Gasteiger partial charge in [-0.25, -0.2) is 4.79 Å². The summed E-state index contributed by atoms with van der Waals surface area (Å²) < 4.78 is 10.4. The van der Waals surface area contributed by atoms with E-state index in [-0.39, 0.29) is 28.8 Å². The van der Waals surface area contributed by atoms with Crippen molar-refractivity contribution < 1.29 is 24.2 Å². The first-order valence-corrected chi connectivity index (χ1v) is 6.47. The zero-order valence-corrected chi connectivity index (χ0v) is 11.4. The van der Waals surface area contributed by atoms with Gasteiger partial charge in [-0.05, 0) is 12.1 Å². The Morgan fingerprint density at radius 2 is 2.05 bits per heavy atom. The highest BCUT2D eigenvalue weighted by atomic mass is 35.5. The molecule has 0 radical (unpaired) electrons. The molecule has 0 bridgehead atoms. The van der Waals surface area contributed by atoms with Crippen molar-refractivity contribution in [1.29, 1.82) is 0 Å². The van der Waals surface area contributed by atoms with Gasteiger partial charge in [-0.2, -0.15) is 0 Å². The molecule has 7 heteroatoms. The Morgan fingerprint density at radius 1 is 1.35 bits per heavy atom. The fraction of sp³-hybridized carbons (Fsp3) is 0.385. The number of hydrogen-bond acceptors (Lipinski definition) is 4. The van der Waals surface area contributed by atoms with Crippen molar-refractivity contribution >= 4 is 23.5 Å². The van der Waals surface area contributed by atoms with Crippen molar-refractivity contribution in [3.63, 3.8) is 0 Å². The van der Waals surface area contributed by atoms with Crippen molar-refractivity contribution in [1.82, 2.24) is 4.90 Å². The number of ether oxygens (including phenoxy) is 2. The zero-order chi connectivity index (χ0) is 14.5. The third kappa shape index (κ3) is 3.40. The van der Waals surface area contributed by atoms with Gasteiger partial charge in [0.2, 0.25) is 0 Å². The second kappa shape index (κ2) is 6.58. The summed E-state index contributed by atoms with van der Waals surface area (Å²) in [6.45, 7) is 1.82. The molecule has 1 aromatic rings. The zero-order valence-electron chi connectivity index (χ0n) is 10.7. The lowest BCUT2D eigenvalue weighted by Gasteiger charge is -2.26. The van der Waals surface area contributed by atoms with E-state index in [1.165, 1.54) is 12.1 Å². The monoisotopic (exact) mass is 299 g/mol. The number of morpholine rings is 1. The standard InChI is InChI=1S/C13H14ClNO5/c14-9-2-1-3-10(12(9)13(17)18)20-8-11(16)15-4-6-19-7-5-15/h1-3H,4-8H2,(H,17,18). The molecule has 1 aliphatic heterocycles. The van der Waals surface area contributed by atoms with Gasteiger partial charge in [0.25, 0.3) is 5.91 Å². The number of hydrogen-bond donors (Lipinski definition) is 1. The quantitative estimate of drug-likeness (QED) is 0.906. The Kier molecular flexibility index (Phi) is 4.81. The molecule has 0 aliphatic carbocycles. The molecule has 1 aliphatic rings. The van der Waals surface area contributed by atoms with Gasteiger partial charge in [0.15, 0.2) is 6.61 Å². The average molecular weight is 300 g/mol. The van der Waals surface area contributed by atoms with Crippen LogP contribution >= 0.6 is 11.6 Å². The lowest BCUT2D eigenvalue weighted by atomic mass is 10.2. The molecule has 0 unspecified atom stereocenters. The number of halogens is 1. The number of rotatable bonds is 4. The first-order valence-electron chi connectivity index (χ1n) is 6.09. The molecule has 1 heterocycles. The van der Waals surface area contributed by atoms with Crippen LogP contribution in [0.5, 0.6) is 5.75 Å². The number of carbonyl (C=O) groups is 2. The molecule has 0 saturated carbocycles. The van der Waals surface area contributed by atoms with Crippen LogP contribution in [0.4, 0.5) is 0 Å². The summed E-state index contributed by atoms with van der Waals surface area (Å²) in [6.07, 6.45) is 0. The number of amides is 1. The van der Waals surface area contributed by atoms with Gasteiger partial charge >= 0.3 is 5.97 Å². The highest BCUT2D eigenvalue weighted by Gasteiger charge is 2.20. The van der Waals surface area contributed by atoms with Gasteiger partial charge in [-0.1, -0.05) is 17.7 Å². The molecular weight excluding hydrogens is 286 g/mol. The van der Waals surface area contributed by atoms with E-state index < -0.39 is 5.97 Å². The van der Waals surface area contributed by atoms with Crippen LogP contribution in [-0.4, -0.2) is 54.8 Å². The fourth-order valence-electron chi connectivity index (χ4n) is 1.88. The van der Waals surface area contributed by atoms with Crippen molar-refractivity contribution in [3.05, 3.63) is 28.8 Å². The minimum Gasteiger partial charge on any atom is -0.483 e. The number of carboxylic acids is 1. The Morgan fingerprint density at radius 3 is 2.70 bits per heavy atom. The molecule has 1 N–H and O–H groups in total. The lowest BCUT2D eigenvalue weighted by molar-refractivity contribution is -0.137. The predicted octanol–water partition coefficient (Wildman–Crippen LogP) is 1.28. The van der Waals surface area contributed by atoms with Crippen LogP contribution in [0.2, 0.25) is 5.02 Å². The largest absolute Gasteiger partial charge is 0.483 e. The molecule has 6 nitrogen and oxygen atoms in total. The molecule has 1 saturated heterocycles. The molecule has 1 fully saturated rings. The van der Waals surface area contributed by atoms with E-state index in [1.807, 2.05) is 0 Å². The summed E-state index contributed by atoms with van der Waals surface area (Å²) in [5.41, 5.74) is -0.135. The third-order valence-corrected chi connectivity index (χ3v) is 3.22. The highest BCUT2D eigenvalue weighted by Crippen LogP contribution is 2.26. The summed E-state index contributed by atoms with van der Waals surface area (Å²) in [4.78, 5) is 24.6. The van der Waals surface area contributed by atoms with Crippen molar-refractivity contribution in [2.45, 2.75) is 0 Å². The normalized spacial score (nSPS) is 14.9. The average Bonchev–Trinajstić information content (AvgIpc) is 2.45. The molecule has 0 atom stereocenters. The number of benzene rings is 1. The Bertz CT molecular complexity index is 513. The summed E-state index contributed by atoms with van der Waals surface area (Å²) in [5.74, 6) is -1.30. The summed E-state index contributed by atoms with van der Waals surface area (Å²) in [7, 11) is 0. The Hall–Kier alpha value is -1.79. The van der Waals surface area contributed by atoms with Crippen molar-refractivity contribution in [2.75, 3.05) is 32.9 Å². The van der Waals surface area contributed by atoms with Gasteiger partial charge in [-0.15, -0.1) is 0 Å². The van der Waals surface area contributed by atoms with E-state index >= 15 is 0 Å². The van der Waals surface area contributed by atoms with Gasteiger partial charge in [0, 0.05) is 13.1 Å². The van der Waals surface area contributed by atoms with Crippen LogP contribution in [0, 0.1) is 0 Å². The van der Waals surface area contributed by atoms with Crippen LogP contribution in [0.1, 0.15) is 10.4 Å². The smallest absolute Gasteiger partial charge is 0.341 e. The predicted molar refractivity (Wildman–Crippen MR) is 71.3 cm³/mol. The van der Waals surface area contributed by atoms with E-state index in [4.69, 9.17) is 26.2 Å². The lowest BCUT2D eigenvalue weighted by Crippen LogP contribution is -2.43. The molecule has 20 heavy (non-hydrogen) atoms. The first kappa shape index (κ1) is 14.6. The topological polar surface area (TPSA) is 76.1 Å². The second-order valence-corrected chi connectivity index (χ2v) is 4.61. The van der Waals surface area contributed by atoms with Crippen LogP contribution in [0.25, 0.3) is 0 Å². The molecule has 0 spiro atoms. The van der Waals surface area contributed by atoms with Gasteiger partial charge in [-0.3, -0.25) is 4.79 Å². The van der Waals surface area contributed by atoms with E-state index in [0.717, 1.165) is 0 Å². The number of carboxylic acid groups (broad SMARTS) is 1. The van der Waals surface area contributed by atoms with E-state index in [2.05, 4.69) is 0 Å². The van der Waals surface area contributed by atoms with Gasteiger partial charge in [0.1, 0.15) is 11.3 Å². The summed E-state index contributed by atoms with van der Waals surface area (Å²) >= 11 is 5.82. The van der Waals surface area contributed by atoms with E-state index in [1.54, 1.807) is 11.0 Å². The van der Waals surface area contributed by atoms with E-state index in [9.17, 15) is 9.59 Å². The maximum Gasteiger partial charge on any atom is 0.341 e. The van der Waals surface area contributed by atoms with Crippen molar-refractivity contribution in [3.8, 4) is 5.75 Å².